The Morgan fingerprint density at radius 2 is 2.12 bits per heavy atom. The molecule has 0 aliphatic heterocycles. The molecule has 1 heterocycles. The Bertz CT molecular complexity index is 375. The third kappa shape index (κ3) is 4.44. The van der Waals surface area contributed by atoms with E-state index in [9.17, 15) is 5.11 Å². The largest absolute Gasteiger partial charge is 0.389 e. The summed E-state index contributed by atoms with van der Waals surface area (Å²) in [7, 11) is 1.86. The summed E-state index contributed by atoms with van der Waals surface area (Å²) in [6, 6.07) is 1.81. The molecule has 0 aliphatic rings. The number of aromatic nitrogens is 2. The zero-order chi connectivity index (χ0) is 13.1. The zero-order valence-electron chi connectivity index (χ0n) is 10.9. The maximum atomic E-state index is 9.76. The summed E-state index contributed by atoms with van der Waals surface area (Å²) in [5, 5.41) is 12.8. The van der Waals surface area contributed by atoms with Crippen LogP contribution in [0.25, 0.3) is 0 Å². The smallest absolute Gasteiger partial charge is 0.223 e. The molecule has 0 spiro atoms. The van der Waals surface area contributed by atoms with Crippen molar-refractivity contribution in [1.29, 1.82) is 0 Å². The molecular formula is C11H21N5O. The van der Waals surface area contributed by atoms with E-state index in [2.05, 4.69) is 15.3 Å². The van der Waals surface area contributed by atoms with Gasteiger partial charge < -0.3 is 21.1 Å². The minimum absolute atomic E-state index is 0.223. The average Bonchev–Trinajstić information content (AvgIpc) is 2.14. The van der Waals surface area contributed by atoms with Crippen molar-refractivity contribution in [3.05, 3.63) is 6.07 Å². The summed E-state index contributed by atoms with van der Waals surface area (Å²) in [6.07, 6.45) is 0. The van der Waals surface area contributed by atoms with Gasteiger partial charge in [0.1, 0.15) is 11.6 Å². The van der Waals surface area contributed by atoms with Crippen molar-refractivity contribution in [3.8, 4) is 0 Å². The van der Waals surface area contributed by atoms with Gasteiger partial charge in [-0.1, -0.05) is 0 Å². The Hall–Kier alpha value is -1.56. The van der Waals surface area contributed by atoms with Crippen LogP contribution in [0.4, 0.5) is 17.6 Å². The number of hydrogen-bond acceptors (Lipinski definition) is 6. The third-order valence-corrected chi connectivity index (χ3v) is 2.10. The Balaban J connectivity index is 2.89. The molecule has 4 N–H and O–H groups in total. The first-order valence-corrected chi connectivity index (χ1v) is 5.64. The summed E-state index contributed by atoms with van der Waals surface area (Å²) in [4.78, 5) is 10.1. The molecule has 0 radical (unpaired) electrons. The van der Waals surface area contributed by atoms with Crippen molar-refractivity contribution in [3.63, 3.8) is 0 Å². The van der Waals surface area contributed by atoms with Crippen LogP contribution in [0.3, 0.4) is 0 Å². The van der Waals surface area contributed by atoms with Gasteiger partial charge in [0.25, 0.3) is 0 Å². The lowest BCUT2D eigenvalue weighted by atomic mass is 10.1. The van der Waals surface area contributed by atoms with Crippen LogP contribution in [0.5, 0.6) is 0 Å². The minimum atomic E-state index is -0.785. The second-order valence-electron chi connectivity index (χ2n) is 4.67. The summed E-state index contributed by atoms with van der Waals surface area (Å²) >= 11 is 0. The fraction of sp³-hybridized carbons (Fsp3) is 0.636. The lowest BCUT2D eigenvalue weighted by Crippen LogP contribution is -2.36. The molecule has 96 valence electrons. The fourth-order valence-corrected chi connectivity index (χ4v) is 1.58. The molecule has 0 unspecified atom stereocenters. The quantitative estimate of drug-likeness (QED) is 0.701. The number of nitrogens with zero attached hydrogens (tertiary/aromatic N) is 3. The molecule has 1 aromatic rings. The minimum Gasteiger partial charge on any atom is -0.389 e. The molecule has 0 atom stereocenters. The SMILES string of the molecule is CCNc1cc(N(C)CC(C)(C)O)nc(N)n1. The van der Waals surface area contributed by atoms with Crippen molar-refractivity contribution in [2.45, 2.75) is 26.4 Å². The molecule has 1 aromatic heterocycles. The number of nitrogen functional groups attached to an aromatic ring is 1. The number of aliphatic hydroxyl groups is 1. The van der Waals surface area contributed by atoms with Gasteiger partial charge in [-0.3, -0.25) is 0 Å². The molecule has 6 nitrogen and oxygen atoms in total. The number of nitrogens with one attached hydrogen (secondary N) is 1. The van der Waals surface area contributed by atoms with E-state index in [0.717, 1.165) is 6.54 Å². The second kappa shape index (κ2) is 5.18. The highest BCUT2D eigenvalue weighted by Crippen LogP contribution is 2.17. The average molecular weight is 239 g/mol. The van der Waals surface area contributed by atoms with Gasteiger partial charge in [0.05, 0.1) is 5.60 Å². The van der Waals surface area contributed by atoms with Crippen LogP contribution >= 0.6 is 0 Å². The number of nitrogens with two attached hydrogens (primary N) is 1. The van der Waals surface area contributed by atoms with Crippen LogP contribution in [0.1, 0.15) is 20.8 Å². The third-order valence-electron chi connectivity index (χ3n) is 2.10. The molecule has 0 aliphatic carbocycles. The lowest BCUT2D eigenvalue weighted by molar-refractivity contribution is 0.0884. The van der Waals surface area contributed by atoms with E-state index in [4.69, 9.17) is 5.73 Å². The monoisotopic (exact) mass is 239 g/mol. The molecular weight excluding hydrogens is 218 g/mol. The molecule has 0 aromatic carbocycles. The maximum Gasteiger partial charge on any atom is 0.223 e. The van der Waals surface area contributed by atoms with Crippen molar-refractivity contribution in [1.82, 2.24) is 9.97 Å². The predicted octanol–water partition coefficient (Wildman–Crippen LogP) is 0.698. The van der Waals surface area contributed by atoms with Crippen molar-refractivity contribution in [2.75, 3.05) is 36.1 Å². The van der Waals surface area contributed by atoms with Crippen molar-refractivity contribution in [2.24, 2.45) is 0 Å². The molecule has 1 rings (SSSR count). The summed E-state index contributed by atoms with van der Waals surface area (Å²) < 4.78 is 0. The number of rotatable bonds is 5. The zero-order valence-corrected chi connectivity index (χ0v) is 10.9. The highest BCUT2D eigenvalue weighted by Gasteiger charge is 2.17. The Kier molecular flexibility index (Phi) is 4.11. The van der Waals surface area contributed by atoms with Gasteiger partial charge in [0.2, 0.25) is 5.95 Å². The first-order valence-electron chi connectivity index (χ1n) is 5.64. The maximum absolute atomic E-state index is 9.76. The van der Waals surface area contributed by atoms with Crippen LogP contribution in [-0.2, 0) is 0 Å². The number of likely N-dealkylation sites (N-methyl/N-ethyl adjacent to an activating group) is 1. The van der Waals surface area contributed by atoms with Gasteiger partial charge in [-0.2, -0.15) is 9.97 Å². The number of anilines is 3. The van der Waals surface area contributed by atoms with E-state index in [1.807, 2.05) is 24.9 Å². The Morgan fingerprint density at radius 1 is 1.47 bits per heavy atom. The van der Waals surface area contributed by atoms with Crippen LogP contribution < -0.4 is 16.0 Å². The topological polar surface area (TPSA) is 87.3 Å². The molecule has 0 saturated carbocycles. The predicted molar refractivity (Wildman–Crippen MR) is 70.2 cm³/mol. The van der Waals surface area contributed by atoms with Crippen LogP contribution in [-0.4, -0.2) is 40.8 Å². The molecule has 0 fully saturated rings. The van der Waals surface area contributed by atoms with Gasteiger partial charge >= 0.3 is 0 Å². The van der Waals surface area contributed by atoms with Gasteiger partial charge in [0.15, 0.2) is 0 Å². The second-order valence-corrected chi connectivity index (χ2v) is 4.67. The summed E-state index contributed by atoms with van der Waals surface area (Å²) in [5.41, 5.74) is 4.85. The summed E-state index contributed by atoms with van der Waals surface area (Å²) in [6.45, 7) is 6.72. The van der Waals surface area contributed by atoms with E-state index >= 15 is 0 Å². The van der Waals surface area contributed by atoms with Gasteiger partial charge in [-0.05, 0) is 20.8 Å². The molecule has 0 bridgehead atoms. The van der Waals surface area contributed by atoms with Crippen molar-refractivity contribution < 1.29 is 5.11 Å². The Morgan fingerprint density at radius 3 is 2.65 bits per heavy atom. The van der Waals surface area contributed by atoms with E-state index in [-0.39, 0.29) is 5.95 Å². The first-order chi connectivity index (χ1) is 7.81. The molecule has 17 heavy (non-hydrogen) atoms. The van der Waals surface area contributed by atoms with Crippen LogP contribution in [0.15, 0.2) is 6.07 Å². The van der Waals surface area contributed by atoms with E-state index < -0.39 is 5.60 Å². The lowest BCUT2D eigenvalue weighted by Gasteiger charge is -2.26. The molecule has 0 saturated heterocycles. The van der Waals surface area contributed by atoms with Crippen LogP contribution in [0.2, 0.25) is 0 Å². The molecule has 0 amide bonds. The molecule has 6 heteroatoms. The summed E-state index contributed by atoms with van der Waals surface area (Å²) in [5.74, 6) is 1.61. The van der Waals surface area contributed by atoms with Crippen LogP contribution in [0, 0.1) is 0 Å². The Labute approximate surface area is 102 Å². The highest BCUT2D eigenvalue weighted by molar-refractivity contribution is 5.52. The van der Waals surface area contributed by atoms with Gasteiger partial charge in [-0.15, -0.1) is 0 Å². The fourth-order valence-electron chi connectivity index (χ4n) is 1.58. The number of hydrogen-bond donors (Lipinski definition) is 3. The van der Waals surface area contributed by atoms with E-state index in [1.165, 1.54) is 0 Å². The van der Waals surface area contributed by atoms with E-state index in [0.29, 0.717) is 18.2 Å². The highest BCUT2D eigenvalue weighted by atomic mass is 16.3. The van der Waals surface area contributed by atoms with Gasteiger partial charge in [0, 0.05) is 26.2 Å². The van der Waals surface area contributed by atoms with Gasteiger partial charge in [-0.25, -0.2) is 0 Å². The van der Waals surface area contributed by atoms with Crippen molar-refractivity contribution >= 4 is 17.6 Å². The first kappa shape index (κ1) is 13.5. The normalized spacial score (nSPS) is 11.4. The standard InChI is InChI=1S/C11H21N5O/c1-5-13-8-6-9(15-10(12)14-8)16(4)7-11(2,3)17/h6,17H,5,7H2,1-4H3,(H3,12,13,14,15). The van der Waals surface area contributed by atoms with E-state index in [1.54, 1.807) is 13.8 Å².